The summed E-state index contributed by atoms with van der Waals surface area (Å²) in [5.41, 5.74) is 5.25. The number of nitro benzene ring substituents is 1. The van der Waals surface area contributed by atoms with Crippen molar-refractivity contribution in [2.24, 2.45) is 5.92 Å². The van der Waals surface area contributed by atoms with Crippen molar-refractivity contribution in [3.05, 3.63) is 33.9 Å². The molecule has 1 amide bonds. The number of anilines is 1. The molecular weight excluding hydrogens is 274 g/mol. The number of amides is 1. The van der Waals surface area contributed by atoms with E-state index in [1.54, 1.807) is 0 Å². The fraction of sp³-hybridized carbons (Fsp3) is 0.500. The van der Waals surface area contributed by atoms with Gasteiger partial charge in [0.25, 0.3) is 5.91 Å². The van der Waals surface area contributed by atoms with Crippen molar-refractivity contribution < 1.29 is 14.5 Å². The Morgan fingerprint density at radius 1 is 1.48 bits per heavy atom. The average Bonchev–Trinajstić information content (AvgIpc) is 2.47. The molecule has 7 nitrogen and oxygen atoms in total. The summed E-state index contributed by atoms with van der Waals surface area (Å²) in [5.74, 6) is -0.143. The molecule has 0 bridgehead atoms. The molecule has 3 N–H and O–H groups in total. The van der Waals surface area contributed by atoms with Crippen LogP contribution in [-0.2, 0) is 4.74 Å². The minimum absolute atomic E-state index is 0.00101. The van der Waals surface area contributed by atoms with Gasteiger partial charge in [-0.2, -0.15) is 0 Å². The van der Waals surface area contributed by atoms with Gasteiger partial charge in [0, 0.05) is 19.3 Å². The Balaban J connectivity index is 2.13. The number of hydrogen-bond donors (Lipinski definition) is 2. The van der Waals surface area contributed by atoms with Crippen LogP contribution in [0.4, 0.5) is 11.4 Å². The van der Waals surface area contributed by atoms with Gasteiger partial charge in [-0.15, -0.1) is 0 Å². The quantitative estimate of drug-likeness (QED) is 0.499. The summed E-state index contributed by atoms with van der Waals surface area (Å²) in [6.45, 7) is 3.28. The van der Waals surface area contributed by atoms with Gasteiger partial charge in [-0.3, -0.25) is 14.9 Å². The van der Waals surface area contributed by atoms with Gasteiger partial charge in [-0.1, -0.05) is 6.07 Å². The summed E-state index contributed by atoms with van der Waals surface area (Å²) in [4.78, 5) is 22.7. The third kappa shape index (κ3) is 3.49. The van der Waals surface area contributed by atoms with E-state index < -0.39 is 10.8 Å². The van der Waals surface area contributed by atoms with Crippen molar-refractivity contribution in [3.8, 4) is 0 Å². The number of ether oxygens (including phenoxy) is 1. The molecule has 0 saturated carbocycles. The summed E-state index contributed by atoms with van der Waals surface area (Å²) in [6.07, 6.45) is 1.75. The van der Waals surface area contributed by atoms with Crippen LogP contribution < -0.4 is 11.1 Å². The van der Waals surface area contributed by atoms with Crippen LogP contribution in [0.1, 0.15) is 30.1 Å². The molecule has 0 aliphatic carbocycles. The van der Waals surface area contributed by atoms with E-state index >= 15 is 0 Å². The van der Waals surface area contributed by atoms with E-state index in [1.165, 1.54) is 18.2 Å². The van der Waals surface area contributed by atoms with Crippen molar-refractivity contribution in [1.82, 2.24) is 5.32 Å². The van der Waals surface area contributed by atoms with Gasteiger partial charge in [0.2, 0.25) is 0 Å². The normalized spacial score (nSPS) is 17.2. The van der Waals surface area contributed by atoms with Gasteiger partial charge in [0.05, 0.1) is 4.92 Å². The molecule has 1 fully saturated rings. The van der Waals surface area contributed by atoms with E-state index in [0.717, 1.165) is 12.8 Å². The molecular formula is C14H19N3O4. The van der Waals surface area contributed by atoms with E-state index in [2.05, 4.69) is 5.32 Å². The molecule has 1 aromatic carbocycles. The number of rotatable bonds is 4. The second kappa shape index (κ2) is 6.53. The molecule has 2 rings (SSSR count). The zero-order valence-corrected chi connectivity index (χ0v) is 11.9. The number of nitrogens with one attached hydrogen (secondary N) is 1. The minimum Gasteiger partial charge on any atom is -0.393 e. The van der Waals surface area contributed by atoms with E-state index in [4.69, 9.17) is 10.5 Å². The summed E-state index contributed by atoms with van der Waals surface area (Å²) in [6, 6.07) is 4.30. The molecule has 114 valence electrons. The molecule has 1 unspecified atom stereocenters. The van der Waals surface area contributed by atoms with Gasteiger partial charge < -0.3 is 15.8 Å². The maximum Gasteiger partial charge on any atom is 0.304 e. The third-order valence-electron chi connectivity index (χ3n) is 3.83. The van der Waals surface area contributed by atoms with Crippen molar-refractivity contribution >= 4 is 17.3 Å². The van der Waals surface area contributed by atoms with Crippen molar-refractivity contribution in [3.63, 3.8) is 0 Å². The van der Waals surface area contributed by atoms with Gasteiger partial charge in [-0.25, -0.2) is 0 Å². The van der Waals surface area contributed by atoms with Gasteiger partial charge in [0.15, 0.2) is 0 Å². The topological polar surface area (TPSA) is 107 Å². The molecule has 7 heteroatoms. The maximum atomic E-state index is 12.3. The number of carbonyl (C=O) groups excluding carboxylic acids is 1. The first-order chi connectivity index (χ1) is 10.0. The molecule has 1 aliphatic rings. The standard InChI is InChI=1S/C14H19N3O4/c1-9(10-5-7-21-8-6-10)16-14(18)11-3-2-4-12(15)13(11)17(19)20/h2-4,9-10H,5-8,15H2,1H3,(H,16,18). The Labute approximate surface area is 122 Å². The molecule has 1 aliphatic heterocycles. The molecule has 1 atom stereocenters. The first-order valence-electron chi connectivity index (χ1n) is 6.92. The molecule has 1 aromatic rings. The van der Waals surface area contributed by atoms with Crippen LogP contribution in [0.25, 0.3) is 0 Å². The predicted octanol–water partition coefficient (Wildman–Crippen LogP) is 1.72. The van der Waals surface area contributed by atoms with Gasteiger partial charge in [-0.05, 0) is 37.8 Å². The highest BCUT2D eigenvalue weighted by molar-refractivity contribution is 6.00. The number of nitrogen functional groups attached to an aromatic ring is 1. The zero-order chi connectivity index (χ0) is 15.4. The predicted molar refractivity (Wildman–Crippen MR) is 78.0 cm³/mol. The number of benzene rings is 1. The molecule has 1 heterocycles. The lowest BCUT2D eigenvalue weighted by Gasteiger charge is -2.28. The Bertz CT molecular complexity index is 541. The highest BCUT2D eigenvalue weighted by atomic mass is 16.6. The number of nitrogens with two attached hydrogens (primary N) is 1. The van der Waals surface area contributed by atoms with Crippen molar-refractivity contribution in [1.29, 1.82) is 0 Å². The van der Waals surface area contributed by atoms with Crippen LogP contribution in [0.3, 0.4) is 0 Å². The highest BCUT2D eigenvalue weighted by Crippen LogP contribution is 2.26. The fourth-order valence-electron chi connectivity index (χ4n) is 2.57. The van der Waals surface area contributed by atoms with Crippen LogP contribution in [0.2, 0.25) is 0 Å². The van der Waals surface area contributed by atoms with Crippen LogP contribution in [0.15, 0.2) is 18.2 Å². The third-order valence-corrected chi connectivity index (χ3v) is 3.83. The zero-order valence-electron chi connectivity index (χ0n) is 11.9. The van der Waals surface area contributed by atoms with Crippen LogP contribution in [0, 0.1) is 16.0 Å². The van der Waals surface area contributed by atoms with Crippen molar-refractivity contribution in [2.45, 2.75) is 25.8 Å². The Kier molecular flexibility index (Phi) is 4.74. The molecule has 0 aromatic heterocycles. The number of carbonyl (C=O) groups is 1. The highest BCUT2D eigenvalue weighted by Gasteiger charge is 2.27. The molecule has 1 saturated heterocycles. The van der Waals surface area contributed by atoms with Crippen molar-refractivity contribution in [2.75, 3.05) is 18.9 Å². The largest absolute Gasteiger partial charge is 0.393 e. The number of nitro groups is 1. The first kappa shape index (κ1) is 15.2. The summed E-state index contributed by atoms with van der Waals surface area (Å²) in [7, 11) is 0. The molecule has 0 radical (unpaired) electrons. The van der Waals surface area contributed by atoms with Crippen LogP contribution in [0.5, 0.6) is 0 Å². The van der Waals surface area contributed by atoms with Crippen LogP contribution >= 0.6 is 0 Å². The minimum atomic E-state index is -0.622. The lowest BCUT2D eigenvalue weighted by Crippen LogP contribution is -2.40. The summed E-state index contributed by atoms with van der Waals surface area (Å²) >= 11 is 0. The molecule has 0 spiro atoms. The summed E-state index contributed by atoms with van der Waals surface area (Å²) in [5, 5.41) is 13.9. The Hall–Kier alpha value is -2.15. The summed E-state index contributed by atoms with van der Waals surface area (Å²) < 4.78 is 5.29. The van der Waals surface area contributed by atoms with E-state index in [9.17, 15) is 14.9 Å². The second-order valence-corrected chi connectivity index (χ2v) is 5.21. The maximum absolute atomic E-state index is 12.3. The van der Waals surface area contributed by atoms with Gasteiger partial charge in [0.1, 0.15) is 11.3 Å². The lowest BCUT2D eigenvalue weighted by molar-refractivity contribution is -0.384. The number of para-hydroxylation sites is 1. The lowest BCUT2D eigenvalue weighted by atomic mass is 9.92. The fourth-order valence-corrected chi connectivity index (χ4v) is 2.57. The van der Waals surface area contributed by atoms with Gasteiger partial charge >= 0.3 is 5.69 Å². The van der Waals surface area contributed by atoms with E-state index in [0.29, 0.717) is 19.1 Å². The second-order valence-electron chi connectivity index (χ2n) is 5.21. The van der Waals surface area contributed by atoms with Crippen LogP contribution in [-0.4, -0.2) is 30.1 Å². The van der Waals surface area contributed by atoms with E-state index in [1.807, 2.05) is 6.92 Å². The Morgan fingerprint density at radius 2 is 2.14 bits per heavy atom. The average molecular weight is 293 g/mol. The Morgan fingerprint density at radius 3 is 2.76 bits per heavy atom. The number of nitrogens with zero attached hydrogens (tertiary/aromatic N) is 1. The van der Waals surface area contributed by atoms with E-state index in [-0.39, 0.29) is 23.0 Å². The smallest absolute Gasteiger partial charge is 0.304 e. The first-order valence-corrected chi connectivity index (χ1v) is 6.92. The SMILES string of the molecule is CC(NC(=O)c1cccc(N)c1[N+](=O)[O-])C1CCOCC1. The monoisotopic (exact) mass is 293 g/mol. The number of hydrogen-bond acceptors (Lipinski definition) is 5. The molecule has 21 heavy (non-hydrogen) atoms.